The van der Waals surface area contributed by atoms with E-state index < -0.39 is 0 Å². The molecular weight excluding hydrogens is 190 g/mol. The summed E-state index contributed by atoms with van der Waals surface area (Å²) in [5.41, 5.74) is -0.000787. The first kappa shape index (κ1) is 11.4. The summed E-state index contributed by atoms with van der Waals surface area (Å²) < 4.78 is 11.2. The van der Waals surface area contributed by atoms with E-state index in [4.69, 9.17) is 9.47 Å². The Morgan fingerprint density at radius 3 is 2.40 bits per heavy atom. The van der Waals surface area contributed by atoms with E-state index in [2.05, 4.69) is 32.6 Å². The molecular formula is C12H23NO2. The first-order valence-corrected chi connectivity index (χ1v) is 6.01. The lowest BCUT2D eigenvalue weighted by Crippen LogP contribution is -2.40. The minimum Gasteiger partial charge on any atom is -0.352 e. The predicted octanol–water partition coefficient (Wildman–Crippen LogP) is 1.87. The number of hydrogen-bond acceptors (Lipinski definition) is 3. The minimum atomic E-state index is -0.000787. The molecule has 0 saturated carbocycles. The van der Waals surface area contributed by atoms with Crippen molar-refractivity contribution in [2.24, 2.45) is 5.92 Å². The first-order chi connectivity index (χ1) is 7.04. The van der Waals surface area contributed by atoms with Crippen molar-refractivity contribution in [3.05, 3.63) is 0 Å². The standard InChI is InChI=1S/C12H23NO2/c1-9(2)11-5-12(7-14-8-15-12)6-13(11)10(3)4/h9-11H,5-8H2,1-4H3/t11-,12?/m0/s1. The van der Waals surface area contributed by atoms with Crippen LogP contribution in [0.1, 0.15) is 34.1 Å². The summed E-state index contributed by atoms with van der Waals surface area (Å²) in [6, 6.07) is 1.24. The fourth-order valence-corrected chi connectivity index (χ4v) is 2.84. The highest BCUT2D eigenvalue weighted by Gasteiger charge is 2.49. The molecule has 2 atom stereocenters. The van der Waals surface area contributed by atoms with Gasteiger partial charge in [0, 0.05) is 18.6 Å². The van der Waals surface area contributed by atoms with E-state index in [1.54, 1.807) is 0 Å². The topological polar surface area (TPSA) is 21.7 Å². The van der Waals surface area contributed by atoms with Crippen LogP contribution in [-0.2, 0) is 9.47 Å². The van der Waals surface area contributed by atoms with Crippen molar-refractivity contribution in [3.63, 3.8) is 0 Å². The molecule has 3 nitrogen and oxygen atoms in total. The smallest absolute Gasteiger partial charge is 0.147 e. The second kappa shape index (κ2) is 4.04. The van der Waals surface area contributed by atoms with Gasteiger partial charge in [-0.05, 0) is 26.2 Å². The third kappa shape index (κ3) is 2.05. The Morgan fingerprint density at radius 2 is 2.00 bits per heavy atom. The Labute approximate surface area is 92.7 Å². The van der Waals surface area contributed by atoms with Crippen molar-refractivity contribution in [1.29, 1.82) is 0 Å². The minimum absolute atomic E-state index is 0.000787. The van der Waals surface area contributed by atoms with Crippen LogP contribution in [0.3, 0.4) is 0 Å². The molecule has 2 rings (SSSR count). The number of ether oxygens (including phenoxy) is 2. The Balaban J connectivity index is 2.11. The lowest BCUT2D eigenvalue weighted by Gasteiger charge is -2.30. The van der Waals surface area contributed by atoms with Crippen molar-refractivity contribution in [3.8, 4) is 0 Å². The molecule has 88 valence electrons. The van der Waals surface area contributed by atoms with Crippen LogP contribution in [0.5, 0.6) is 0 Å². The molecule has 0 amide bonds. The van der Waals surface area contributed by atoms with Crippen LogP contribution in [0, 0.1) is 5.92 Å². The molecule has 0 aromatic carbocycles. The maximum Gasteiger partial charge on any atom is 0.147 e. The summed E-state index contributed by atoms with van der Waals surface area (Å²) >= 11 is 0. The molecule has 2 fully saturated rings. The Morgan fingerprint density at radius 1 is 1.27 bits per heavy atom. The van der Waals surface area contributed by atoms with E-state index >= 15 is 0 Å². The molecule has 0 aliphatic carbocycles. The summed E-state index contributed by atoms with van der Waals surface area (Å²) in [7, 11) is 0. The molecule has 0 aromatic rings. The van der Waals surface area contributed by atoms with Crippen molar-refractivity contribution in [1.82, 2.24) is 4.90 Å². The molecule has 15 heavy (non-hydrogen) atoms. The molecule has 1 spiro atoms. The fourth-order valence-electron chi connectivity index (χ4n) is 2.84. The van der Waals surface area contributed by atoms with Gasteiger partial charge in [0.1, 0.15) is 12.4 Å². The fraction of sp³-hybridized carbons (Fsp3) is 1.00. The summed E-state index contributed by atoms with van der Waals surface area (Å²) in [6.07, 6.45) is 1.13. The van der Waals surface area contributed by atoms with E-state index in [1.165, 1.54) is 0 Å². The van der Waals surface area contributed by atoms with Crippen LogP contribution in [0.15, 0.2) is 0 Å². The Bertz CT molecular complexity index is 204. The molecule has 0 bridgehead atoms. The van der Waals surface area contributed by atoms with Crippen molar-refractivity contribution < 1.29 is 9.47 Å². The van der Waals surface area contributed by atoms with Crippen molar-refractivity contribution in [2.45, 2.75) is 51.8 Å². The van der Waals surface area contributed by atoms with Gasteiger partial charge in [-0.1, -0.05) is 13.8 Å². The van der Waals surface area contributed by atoms with Crippen molar-refractivity contribution in [2.75, 3.05) is 19.9 Å². The molecule has 2 saturated heterocycles. The van der Waals surface area contributed by atoms with E-state index in [1.807, 2.05) is 0 Å². The predicted molar refractivity (Wildman–Crippen MR) is 59.7 cm³/mol. The maximum atomic E-state index is 5.80. The average molecular weight is 213 g/mol. The highest BCUT2D eigenvalue weighted by atomic mass is 16.7. The van der Waals surface area contributed by atoms with Crippen molar-refractivity contribution >= 4 is 0 Å². The van der Waals surface area contributed by atoms with E-state index in [0.717, 1.165) is 19.6 Å². The zero-order valence-electron chi connectivity index (χ0n) is 10.3. The second-order valence-electron chi connectivity index (χ2n) is 5.58. The van der Waals surface area contributed by atoms with E-state index in [0.29, 0.717) is 24.8 Å². The van der Waals surface area contributed by atoms with E-state index in [-0.39, 0.29) is 5.60 Å². The number of rotatable bonds is 2. The largest absolute Gasteiger partial charge is 0.352 e. The Kier molecular flexibility index (Phi) is 3.06. The molecule has 0 aromatic heterocycles. The summed E-state index contributed by atoms with van der Waals surface area (Å²) in [5.74, 6) is 0.691. The number of nitrogens with zero attached hydrogens (tertiary/aromatic N) is 1. The maximum absolute atomic E-state index is 5.80. The van der Waals surface area contributed by atoms with E-state index in [9.17, 15) is 0 Å². The third-order valence-electron chi connectivity index (χ3n) is 3.72. The Hall–Kier alpha value is -0.120. The van der Waals surface area contributed by atoms with Gasteiger partial charge in [0.05, 0.1) is 6.61 Å². The van der Waals surface area contributed by atoms with Crippen LogP contribution in [-0.4, -0.2) is 42.5 Å². The first-order valence-electron chi connectivity index (χ1n) is 6.01. The van der Waals surface area contributed by atoms with Gasteiger partial charge in [-0.15, -0.1) is 0 Å². The van der Waals surface area contributed by atoms with Gasteiger partial charge < -0.3 is 9.47 Å². The molecule has 2 aliphatic heterocycles. The second-order valence-corrected chi connectivity index (χ2v) is 5.58. The van der Waals surface area contributed by atoms with Crippen LogP contribution in [0.25, 0.3) is 0 Å². The summed E-state index contributed by atoms with van der Waals surface area (Å²) in [6.45, 7) is 11.4. The molecule has 0 radical (unpaired) electrons. The molecule has 3 heteroatoms. The lowest BCUT2D eigenvalue weighted by atomic mass is 9.95. The van der Waals surface area contributed by atoms with Crippen LogP contribution in [0.4, 0.5) is 0 Å². The molecule has 0 N–H and O–H groups in total. The number of hydrogen-bond donors (Lipinski definition) is 0. The third-order valence-corrected chi connectivity index (χ3v) is 3.72. The van der Waals surface area contributed by atoms with Gasteiger partial charge in [0.2, 0.25) is 0 Å². The highest BCUT2D eigenvalue weighted by Crippen LogP contribution is 2.37. The summed E-state index contributed by atoms with van der Waals surface area (Å²) in [4.78, 5) is 2.57. The van der Waals surface area contributed by atoms with Crippen LogP contribution >= 0.6 is 0 Å². The van der Waals surface area contributed by atoms with Gasteiger partial charge in [-0.2, -0.15) is 0 Å². The zero-order valence-corrected chi connectivity index (χ0v) is 10.3. The SMILES string of the molecule is CC(C)[C@@H]1CC2(COCO2)CN1C(C)C. The van der Waals surface area contributed by atoms with Gasteiger partial charge in [0.25, 0.3) is 0 Å². The van der Waals surface area contributed by atoms with Crippen LogP contribution in [0.2, 0.25) is 0 Å². The quantitative estimate of drug-likeness (QED) is 0.699. The molecule has 1 unspecified atom stereocenters. The lowest BCUT2D eigenvalue weighted by molar-refractivity contribution is -0.00398. The van der Waals surface area contributed by atoms with Gasteiger partial charge >= 0.3 is 0 Å². The van der Waals surface area contributed by atoms with Gasteiger partial charge in [-0.25, -0.2) is 0 Å². The number of likely N-dealkylation sites (tertiary alicyclic amines) is 1. The molecule has 2 aliphatic rings. The van der Waals surface area contributed by atoms with Gasteiger partial charge in [-0.3, -0.25) is 4.90 Å². The average Bonchev–Trinajstić information content (AvgIpc) is 2.74. The highest BCUT2D eigenvalue weighted by molar-refractivity contribution is 5.01. The molecule has 2 heterocycles. The normalized spacial score (nSPS) is 37.6. The van der Waals surface area contributed by atoms with Crippen LogP contribution < -0.4 is 0 Å². The van der Waals surface area contributed by atoms with Gasteiger partial charge in [0.15, 0.2) is 0 Å². The summed E-state index contributed by atoms with van der Waals surface area (Å²) in [5, 5.41) is 0. The monoisotopic (exact) mass is 213 g/mol. The zero-order chi connectivity index (χ0) is 11.1.